The van der Waals surface area contributed by atoms with Crippen LogP contribution in [0.1, 0.15) is 6.92 Å². The molecule has 1 rings (SSSR count). The van der Waals surface area contributed by atoms with E-state index in [1.807, 2.05) is 6.92 Å². The first-order valence-corrected chi connectivity index (χ1v) is 6.58. The molecule has 0 saturated carbocycles. The molecule has 20 heavy (non-hydrogen) atoms. The highest BCUT2D eigenvalue weighted by molar-refractivity contribution is 5.47. The van der Waals surface area contributed by atoms with E-state index in [2.05, 4.69) is 5.32 Å². The average Bonchev–Trinajstić information content (AvgIpc) is 2.45. The second kappa shape index (κ2) is 9.52. The molecule has 0 aliphatic carbocycles. The van der Waals surface area contributed by atoms with Crippen LogP contribution in [-0.4, -0.2) is 51.3 Å². The molecule has 1 aromatic carbocycles. The number of hydrogen-bond donors (Lipinski definition) is 2. The van der Waals surface area contributed by atoms with Crippen LogP contribution in [0.2, 0.25) is 0 Å². The molecular formula is C14H22FNO4. The monoisotopic (exact) mass is 287 g/mol. The maximum atomic E-state index is 13.4. The first kappa shape index (κ1) is 16.7. The quantitative estimate of drug-likeness (QED) is 0.641. The van der Waals surface area contributed by atoms with Crippen molar-refractivity contribution < 1.29 is 23.7 Å². The first-order chi connectivity index (χ1) is 9.67. The number of benzene rings is 1. The normalized spacial score (nSPS) is 12.2. The lowest BCUT2D eigenvalue weighted by Gasteiger charge is -2.13. The molecule has 1 aromatic rings. The van der Waals surface area contributed by atoms with Gasteiger partial charge in [0.2, 0.25) is 0 Å². The van der Waals surface area contributed by atoms with Crippen LogP contribution in [0.25, 0.3) is 0 Å². The van der Waals surface area contributed by atoms with Gasteiger partial charge in [0, 0.05) is 24.9 Å². The van der Waals surface area contributed by atoms with Crippen LogP contribution in [0.5, 0.6) is 5.75 Å². The van der Waals surface area contributed by atoms with Crippen LogP contribution in [0, 0.1) is 5.82 Å². The van der Waals surface area contributed by atoms with Crippen LogP contribution >= 0.6 is 0 Å². The van der Waals surface area contributed by atoms with Crippen molar-refractivity contribution in [3.8, 4) is 5.75 Å². The molecule has 0 radical (unpaired) electrons. The van der Waals surface area contributed by atoms with Gasteiger partial charge in [-0.1, -0.05) is 0 Å². The van der Waals surface area contributed by atoms with E-state index in [0.29, 0.717) is 25.5 Å². The summed E-state index contributed by atoms with van der Waals surface area (Å²) < 4.78 is 28.6. The van der Waals surface area contributed by atoms with E-state index in [4.69, 9.17) is 14.2 Å². The van der Waals surface area contributed by atoms with Gasteiger partial charge < -0.3 is 24.6 Å². The number of anilines is 1. The van der Waals surface area contributed by atoms with Crippen molar-refractivity contribution in [2.45, 2.75) is 13.0 Å². The van der Waals surface area contributed by atoms with Crippen LogP contribution in [-0.2, 0) is 9.47 Å². The molecule has 0 heterocycles. The zero-order valence-corrected chi connectivity index (χ0v) is 11.9. The fourth-order valence-electron chi connectivity index (χ4n) is 1.55. The van der Waals surface area contributed by atoms with E-state index >= 15 is 0 Å². The fraction of sp³-hybridized carbons (Fsp3) is 0.571. The smallest absolute Gasteiger partial charge is 0.167 e. The van der Waals surface area contributed by atoms with E-state index < -0.39 is 11.9 Å². The SMILES string of the molecule is CCOCCOCC(O)CNc1ccc(OC)c(F)c1. The third kappa shape index (κ3) is 6.18. The highest BCUT2D eigenvalue weighted by Gasteiger charge is 2.06. The lowest BCUT2D eigenvalue weighted by Crippen LogP contribution is -2.25. The van der Waals surface area contributed by atoms with Gasteiger partial charge in [0.15, 0.2) is 11.6 Å². The van der Waals surface area contributed by atoms with Gasteiger partial charge in [-0.25, -0.2) is 4.39 Å². The van der Waals surface area contributed by atoms with Crippen LogP contribution in [0.15, 0.2) is 18.2 Å². The van der Waals surface area contributed by atoms with Crippen LogP contribution < -0.4 is 10.1 Å². The van der Waals surface area contributed by atoms with E-state index in [1.54, 1.807) is 6.07 Å². The van der Waals surface area contributed by atoms with E-state index in [-0.39, 0.29) is 18.9 Å². The molecule has 114 valence electrons. The summed E-state index contributed by atoms with van der Waals surface area (Å²) in [5.74, 6) is -0.254. The van der Waals surface area contributed by atoms with Gasteiger partial charge in [-0.15, -0.1) is 0 Å². The van der Waals surface area contributed by atoms with Gasteiger partial charge >= 0.3 is 0 Å². The van der Waals surface area contributed by atoms with Crippen molar-refractivity contribution in [1.82, 2.24) is 0 Å². The molecule has 0 fully saturated rings. The fourth-order valence-corrected chi connectivity index (χ4v) is 1.55. The predicted octanol–water partition coefficient (Wildman–Crippen LogP) is 1.66. The summed E-state index contributed by atoms with van der Waals surface area (Å²) in [4.78, 5) is 0. The highest BCUT2D eigenvalue weighted by atomic mass is 19.1. The highest BCUT2D eigenvalue weighted by Crippen LogP contribution is 2.20. The van der Waals surface area contributed by atoms with Crippen molar-refractivity contribution in [3.63, 3.8) is 0 Å². The van der Waals surface area contributed by atoms with Crippen LogP contribution in [0.3, 0.4) is 0 Å². The Morgan fingerprint density at radius 1 is 1.30 bits per heavy atom. The molecular weight excluding hydrogens is 265 g/mol. The maximum absolute atomic E-state index is 13.4. The molecule has 1 atom stereocenters. The number of nitrogens with one attached hydrogen (secondary N) is 1. The van der Waals surface area contributed by atoms with Gasteiger partial charge in [-0.05, 0) is 19.1 Å². The number of rotatable bonds is 10. The minimum Gasteiger partial charge on any atom is -0.494 e. The van der Waals surface area contributed by atoms with Gasteiger partial charge in [0.1, 0.15) is 0 Å². The summed E-state index contributed by atoms with van der Waals surface area (Å²) in [5, 5.41) is 12.6. The summed E-state index contributed by atoms with van der Waals surface area (Å²) in [5.41, 5.74) is 0.580. The molecule has 0 spiro atoms. The minimum atomic E-state index is -0.665. The molecule has 0 amide bonds. The Morgan fingerprint density at radius 3 is 2.70 bits per heavy atom. The van der Waals surface area contributed by atoms with Crippen LogP contribution in [0.4, 0.5) is 10.1 Å². The summed E-state index contributed by atoms with van der Waals surface area (Å²) in [7, 11) is 1.41. The lowest BCUT2D eigenvalue weighted by atomic mass is 10.2. The van der Waals surface area contributed by atoms with Gasteiger partial charge in [0.25, 0.3) is 0 Å². The number of aliphatic hydroxyl groups is 1. The Balaban J connectivity index is 2.23. The Hall–Kier alpha value is -1.37. The zero-order valence-electron chi connectivity index (χ0n) is 11.9. The molecule has 5 nitrogen and oxygen atoms in total. The Bertz CT molecular complexity index is 389. The molecule has 0 aliphatic heterocycles. The molecule has 0 aromatic heterocycles. The van der Waals surface area contributed by atoms with Gasteiger partial charge in [0.05, 0.1) is 33.0 Å². The number of methoxy groups -OCH3 is 1. The Kier molecular flexibility index (Phi) is 7.94. The number of ether oxygens (including phenoxy) is 3. The largest absolute Gasteiger partial charge is 0.494 e. The summed E-state index contributed by atoms with van der Waals surface area (Å²) in [6.45, 7) is 4.00. The third-order valence-corrected chi connectivity index (χ3v) is 2.58. The zero-order chi connectivity index (χ0) is 14.8. The predicted molar refractivity (Wildman–Crippen MR) is 74.8 cm³/mol. The standard InChI is InChI=1S/C14H22FNO4/c1-3-19-6-7-20-10-12(17)9-16-11-4-5-14(18-2)13(15)8-11/h4-5,8,12,16-17H,3,6-7,9-10H2,1-2H3. The Morgan fingerprint density at radius 2 is 2.05 bits per heavy atom. The first-order valence-electron chi connectivity index (χ1n) is 6.58. The Labute approximate surface area is 118 Å². The van der Waals surface area contributed by atoms with Crippen molar-refractivity contribution in [3.05, 3.63) is 24.0 Å². The van der Waals surface area contributed by atoms with Crippen molar-refractivity contribution in [2.75, 3.05) is 45.4 Å². The van der Waals surface area contributed by atoms with Crippen molar-refractivity contribution >= 4 is 5.69 Å². The molecule has 0 bridgehead atoms. The van der Waals surface area contributed by atoms with Gasteiger partial charge in [-0.2, -0.15) is 0 Å². The van der Waals surface area contributed by atoms with E-state index in [1.165, 1.54) is 19.2 Å². The molecule has 1 unspecified atom stereocenters. The summed E-state index contributed by atoms with van der Waals surface area (Å²) in [6, 6.07) is 4.54. The molecule has 6 heteroatoms. The van der Waals surface area contributed by atoms with E-state index in [9.17, 15) is 9.50 Å². The topological polar surface area (TPSA) is 60.0 Å². The van der Waals surface area contributed by atoms with Crippen molar-refractivity contribution in [2.24, 2.45) is 0 Å². The summed E-state index contributed by atoms with van der Waals surface area (Å²) in [6.07, 6.45) is -0.665. The third-order valence-electron chi connectivity index (χ3n) is 2.58. The second-order valence-corrected chi connectivity index (χ2v) is 4.16. The maximum Gasteiger partial charge on any atom is 0.167 e. The van der Waals surface area contributed by atoms with E-state index in [0.717, 1.165) is 0 Å². The second-order valence-electron chi connectivity index (χ2n) is 4.16. The lowest BCUT2D eigenvalue weighted by molar-refractivity contribution is 0.0103. The van der Waals surface area contributed by atoms with Crippen molar-refractivity contribution in [1.29, 1.82) is 0 Å². The van der Waals surface area contributed by atoms with Gasteiger partial charge in [-0.3, -0.25) is 0 Å². The minimum absolute atomic E-state index is 0.190. The number of hydrogen-bond acceptors (Lipinski definition) is 5. The molecule has 2 N–H and O–H groups in total. The number of halogens is 1. The average molecular weight is 287 g/mol. The molecule has 0 aliphatic rings. The number of aliphatic hydroxyl groups excluding tert-OH is 1. The summed E-state index contributed by atoms with van der Waals surface area (Å²) >= 11 is 0. The molecule has 0 saturated heterocycles.